The molecule has 0 aliphatic rings. The minimum absolute atomic E-state index is 0.346. The number of nitrogens with one attached hydrogen (secondary N) is 1. The molecule has 0 aliphatic carbocycles. The van der Waals surface area contributed by atoms with Crippen LogP contribution in [0.5, 0.6) is 5.75 Å². The Hall–Kier alpha value is -1.02. The van der Waals surface area contributed by atoms with E-state index in [2.05, 4.69) is 32.2 Å². The Morgan fingerprint density at radius 2 is 1.94 bits per heavy atom. The summed E-state index contributed by atoms with van der Waals surface area (Å²) in [7, 11) is 0. The molecule has 0 aromatic heterocycles. The van der Waals surface area contributed by atoms with Crippen LogP contribution in [0.15, 0.2) is 24.3 Å². The van der Waals surface area contributed by atoms with Gasteiger partial charge in [0.2, 0.25) is 0 Å². The highest BCUT2D eigenvalue weighted by atomic mass is 16.3. The van der Waals surface area contributed by atoms with Crippen LogP contribution in [0.25, 0.3) is 0 Å². The summed E-state index contributed by atoms with van der Waals surface area (Å²) in [4.78, 5) is 0. The zero-order valence-corrected chi connectivity index (χ0v) is 11.9. The Kier molecular flexibility index (Phi) is 6.81. The number of phenolic OH excluding ortho intramolecular Hbond substituents is 1. The molecule has 18 heavy (non-hydrogen) atoms. The van der Waals surface area contributed by atoms with Gasteiger partial charge in [-0.3, -0.25) is 0 Å². The topological polar surface area (TPSA) is 32.3 Å². The summed E-state index contributed by atoms with van der Waals surface area (Å²) in [6, 6.07) is 8.53. The monoisotopic (exact) mass is 249 g/mol. The van der Waals surface area contributed by atoms with Crippen LogP contribution in [0.4, 0.5) is 0 Å². The number of rotatable bonds is 8. The molecule has 0 spiro atoms. The standard InChI is InChI=1S/C16H27NO/c1-4-7-10-14(5-2)17-16(6-3)13-9-8-11-15(18)12-13/h8-9,11-12,14,16-18H,4-7,10H2,1-3H3. The van der Waals surface area contributed by atoms with E-state index in [1.807, 2.05) is 12.1 Å². The van der Waals surface area contributed by atoms with Crippen molar-refractivity contribution in [2.75, 3.05) is 0 Å². The van der Waals surface area contributed by atoms with Gasteiger partial charge in [-0.2, -0.15) is 0 Å². The summed E-state index contributed by atoms with van der Waals surface area (Å²) in [5.41, 5.74) is 1.19. The van der Waals surface area contributed by atoms with Gasteiger partial charge in [0.25, 0.3) is 0 Å². The highest BCUT2D eigenvalue weighted by molar-refractivity contribution is 5.29. The normalized spacial score (nSPS) is 14.4. The Bertz CT molecular complexity index is 338. The lowest BCUT2D eigenvalue weighted by Crippen LogP contribution is -2.32. The zero-order chi connectivity index (χ0) is 13.4. The van der Waals surface area contributed by atoms with Crippen molar-refractivity contribution in [2.24, 2.45) is 0 Å². The van der Waals surface area contributed by atoms with Crippen LogP contribution in [0, 0.1) is 0 Å². The summed E-state index contributed by atoms with van der Waals surface area (Å²) in [5.74, 6) is 0.356. The maximum atomic E-state index is 9.56. The molecule has 1 rings (SSSR count). The summed E-state index contributed by atoms with van der Waals surface area (Å²) in [6.07, 6.45) is 5.98. The lowest BCUT2D eigenvalue weighted by atomic mass is 10.0. The van der Waals surface area contributed by atoms with Crippen LogP contribution in [0.2, 0.25) is 0 Å². The molecule has 1 aromatic carbocycles. The van der Waals surface area contributed by atoms with Crippen molar-refractivity contribution < 1.29 is 5.11 Å². The first-order chi connectivity index (χ1) is 8.71. The molecule has 102 valence electrons. The molecule has 0 radical (unpaired) electrons. The molecular formula is C16H27NO. The molecule has 1 aromatic rings. The molecule has 0 amide bonds. The predicted molar refractivity (Wildman–Crippen MR) is 77.9 cm³/mol. The highest BCUT2D eigenvalue weighted by Crippen LogP contribution is 2.22. The summed E-state index contributed by atoms with van der Waals surface area (Å²) < 4.78 is 0. The molecule has 2 unspecified atom stereocenters. The van der Waals surface area contributed by atoms with E-state index < -0.39 is 0 Å². The van der Waals surface area contributed by atoms with Crippen molar-refractivity contribution >= 4 is 0 Å². The van der Waals surface area contributed by atoms with E-state index >= 15 is 0 Å². The summed E-state index contributed by atoms with van der Waals surface area (Å²) >= 11 is 0. The SMILES string of the molecule is CCCCC(CC)NC(CC)c1cccc(O)c1. The Balaban J connectivity index is 2.65. The van der Waals surface area contributed by atoms with E-state index in [4.69, 9.17) is 0 Å². The fourth-order valence-electron chi connectivity index (χ4n) is 2.33. The molecular weight excluding hydrogens is 222 g/mol. The van der Waals surface area contributed by atoms with Crippen LogP contribution in [0.3, 0.4) is 0 Å². The number of hydrogen-bond donors (Lipinski definition) is 2. The molecule has 2 nitrogen and oxygen atoms in total. The minimum atomic E-state index is 0.346. The van der Waals surface area contributed by atoms with Gasteiger partial charge in [0.05, 0.1) is 0 Å². The van der Waals surface area contributed by atoms with Gasteiger partial charge >= 0.3 is 0 Å². The number of aromatic hydroxyl groups is 1. The lowest BCUT2D eigenvalue weighted by Gasteiger charge is -2.24. The number of phenols is 1. The molecule has 2 N–H and O–H groups in total. The fourth-order valence-corrected chi connectivity index (χ4v) is 2.33. The van der Waals surface area contributed by atoms with E-state index in [1.54, 1.807) is 6.07 Å². The van der Waals surface area contributed by atoms with E-state index in [0.717, 1.165) is 12.8 Å². The second-order valence-electron chi connectivity index (χ2n) is 4.97. The largest absolute Gasteiger partial charge is 0.508 e. The molecule has 0 saturated carbocycles. The van der Waals surface area contributed by atoms with Crippen molar-refractivity contribution in [1.82, 2.24) is 5.32 Å². The molecule has 0 aliphatic heterocycles. The van der Waals surface area contributed by atoms with Gasteiger partial charge in [0.1, 0.15) is 5.75 Å². The lowest BCUT2D eigenvalue weighted by molar-refractivity contribution is 0.387. The Labute approximate surface area is 111 Å². The van der Waals surface area contributed by atoms with E-state index in [9.17, 15) is 5.11 Å². The van der Waals surface area contributed by atoms with Crippen molar-refractivity contribution in [3.63, 3.8) is 0 Å². The number of unbranched alkanes of at least 4 members (excludes halogenated alkanes) is 1. The van der Waals surface area contributed by atoms with Crippen molar-refractivity contribution in [3.8, 4) is 5.75 Å². The predicted octanol–water partition coefficient (Wildman–Crippen LogP) is 4.40. The van der Waals surface area contributed by atoms with Crippen LogP contribution in [-0.2, 0) is 0 Å². The van der Waals surface area contributed by atoms with E-state index in [1.165, 1.54) is 24.8 Å². The third-order valence-electron chi connectivity index (χ3n) is 3.52. The molecule has 2 heteroatoms. The molecule has 0 fully saturated rings. The van der Waals surface area contributed by atoms with Gasteiger partial charge in [-0.15, -0.1) is 0 Å². The Morgan fingerprint density at radius 1 is 1.17 bits per heavy atom. The fraction of sp³-hybridized carbons (Fsp3) is 0.625. The maximum absolute atomic E-state index is 9.56. The first kappa shape index (κ1) is 15.0. The van der Waals surface area contributed by atoms with Crippen LogP contribution in [0.1, 0.15) is 64.5 Å². The van der Waals surface area contributed by atoms with Crippen molar-refractivity contribution in [2.45, 2.75) is 65.0 Å². The first-order valence-corrected chi connectivity index (χ1v) is 7.26. The van der Waals surface area contributed by atoms with Gasteiger partial charge in [0.15, 0.2) is 0 Å². The average molecular weight is 249 g/mol. The molecule has 0 saturated heterocycles. The molecule has 0 bridgehead atoms. The summed E-state index contributed by atoms with van der Waals surface area (Å²) in [6.45, 7) is 6.66. The van der Waals surface area contributed by atoms with Gasteiger partial charge in [0, 0.05) is 12.1 Å². The van der Waals surface area contributed by atoms with Crippen LogP contribution < -0.4 is 5.32 Å². The molecule has 2 atom stereocenters. The summed E-state index contributed by atoms with van der Waals surface area (Å²) in [5, 5.41) is 13.3. The van der Waals surface area contributed by atoms with Gasteiger partial charge in [-0.05, 0) is 37.0 Å². The number of benzene rings is 1. The van der Waals surface area contributed by atoms with E-state index in [-0.39, 0.29) is 0 Å². The zero-order valence-electron chi connectivity index (χ0n) is 11.9. The first-order valence-electron chi connectivity index (χ1n) is 7.26. The average Bonchev–Trinajstić information content (AvgIpc) is 2.39. The highest BCUT2D eigenvalue weighted by Gasteiger charge is 2.14. The second kappa shape index (κ2) is 8.15. The number of hydrogen-bond acceptors (Lipinski definition) is 2. The van der Waals surface area contributed by atoms with Gasteiger partial charge < -0.3 is 10.4 Å². The van der Waals surface area contributed by atoms with Gasteiger partial charge in [-0.25, -0.2) is 0 Å². The maximum Gasteiger partial charge on any atom is 0.115 e. The third-order valence-corrected chi connectivity index (χ3v) is 3.52. The van der Waals surface area contributed by atoms with Crippen molar-refractivity contribution in [3.05, 3.63) is 29.8 Å². The van der Waals surface area contributed by atoms with Gasteiger partial charge in [-0.1, -0.05) is 45.7 Å². The second-order valence-corrected chi connectivity index (χ2v) is 4.97. The van der Waals surface area contributed by atoms with Crippen LogP contribution >= 0.6 is 0 Å². The smallest absolute Gasteiger partial charge is 0.115 e. The Morgan fingerprint density at radius 3 is 2.50 bits per heavy atom. The quantitative estimate of drug-likeness (QED) is 0.715. The molecule has 0 heterocycles. The van der Waals surface area contributed by atoms with Crippen LogP contribution in [-0.4, -0.2) is 11.1 Å². The van der Waals surface area contributed by atoms with Crippen molar-refractivity contribution in [1.29, 1.82) is 0 Å². The minimum Gasteiger partial charge on any atom is -0.508 e. The third kappa shape index (κ3) is 4.69. The van der Waals surface area contributed by atoms with E-state index in [0.29, 0.717) is 17.8 Å².